The van der Waals surface area contributed by atoms with Gasteiger partial charge in [-0.1, -0.05) is 105 Å². The molecule has 1 aliphatic rings. The third-order valence-electron chi connectivity index (χ3n) is 5.20. The van der Waals surface area contributed by atoms with E-state index in [-0.39, 0.29) is 13.1 Å². The molecule has 1 heterocycles. The van der Waals surface area contributed by atoms with E-state index in [2.05, 4.69) is 91.0 Å². The minimum Gasteiger partial charge on any atom is -0.0622 e. The Labute approximate surface area is 146 Å². The Bertz CT molecular complexity index is 725. The molecule has 0 bridgehead atoms. The largest absolute Gasteiger partial charge is 0.0622 e. The van der Waals surface area contributed by atoms with E-state index < -0.39 is 0 Å². The average molecular weight is 330 g/mol. The van der Waals surface area contributed by atoms with Crippen LogP contribution in [0.25, 0.3) is 0 Å². The minimum absolute atomic E-state index is 0.150. The number of hydrogen-bond acceptors (Lipinski definition) is 0. The first kappa shape index (κ1) is 15.6. The monoisotopic (exact) mass is 330 g/mol. The first-order valence-electron chi connectivity index (χ1n) is 8.85. The van der Waals surface area contributed by atoms with Crippen LogP contribution in [0, 0.1) is 0 Å². The Morgan fingerprint density at radius 2 is 1.08 bits per heavy atom. The fourth-order valence-electron chi connectivity index (χ4n) is 4.13. The van der Waals surface area contributed by atoms with Crippen molar-refractivity contribution in [2.45, 2.75) is 24.4 Å². The van der Waals surface area contributed by atoms with Crippen LogP contribution >= 0.6 is 7.92 Å². The molecule has 0 aliphatic carbocycles. The molecule has 1 saturated heterocycles. The molecule has 0 N–H and O–H groups in total. The summed E-state index contributed by atoms with van der Waals surface area (Å²) in [5.74, 6) is 0. The van der Waals surface area contributed by atoms with Crippen LogP contribution in [-0.4, -0.2) is 6.16 Å². The van der Waals surface area contributed by atoms with E-state index in [1.165, 1.54) is 36.6 Å². The quantitative estimate of drug-likeness (QED) is 0.523. The van der Waals surface area contributed by atoms with E-state index in [1.54, 1.807) is 5.30 Å². The van der Waals surface area contributed by atoms with Crippen molar-refractivity contribution < 1.29 is 0 Å². The lowest BCUT2D eigenvalue weighted by molar-refractivity contribution is 0.575. The van der Waals surface area contributed by atoms with Gasteiger partial charge in [0.1, 0.15) is 0 Å². The van der Waals surface area contributed by atoms with Crippen molar-refractivity contribution in [3.8, 4) is 0 Å². The topological polar surface area (TPSA) is 0 Å². The molecular weight excluding hydrogens is 307 g/mol. The molecule has 0 spiro atoms. The normalized spacial score (nSPS) is 19.8. The van der Waals surface area contributed by atoms with Crippen molar-refractivity contribution in [1.82, 2.24) is 0 Å². The zero-order chi connectivity index (χ0) is 16.2. The van der Waals surface area contributed by atoms with Gasteiger partial charge in [-0.25, -0.2) is 0 Å². The lowest BCUT2D eigenvalue weighted by Crippen LogP contribution is -2.33. The minimum atomic E-state index is -0.267. The van der Waals surface area contributed by atoms with Gasteiger partial charge in [-0.3, -0.25) is 0 Å². The summed E-state index contributed by atoms with van der Waals surface area (Å²) >= 11 is 0. The van der Waals surface area contributed by atoms with Crippen LogP contribution in [0.3, 0.4) is 0 Å². The van der Waals surface area contributed by atoms with Crippen LogP contribution in [0.15, 0.2) is 91.0 Å². The molecule has 0 nitrogen and oxygen atoms in total. The van der Waals surface area contributed by atoms with Gasteiger partial charge in [0.15, 0.2) is 0 Å². The van der Waals surface area contributed by atoms with Crippen LogP contribution in [0.5, 0.6) is 0 Å². The number of rotatable bonds is 3. The Morgan fingerprint density at radius 1 is 0.583 bits per heavy atom. The summed E-state index contributed by atoms with van der Waals surface area (Å²) in [6.07, 6.45) is 5.24. The SMILES string of the molecule is c1ccc(P2CCCCC2(c2ccccc2)c2ccccc2)cc1. The summed E-state index contributed by atoms with van der Waals surface area (Å²) < 4.78 is 0. The molecule has 0 amide bonds. The maximum Gasteiger partial charge on any atom is 0.0442 e. The Hall–Kier alpha value is -1.91. The van der Waals surface area contributed by atoms with Crippen LogP contribution in [0.1, 0.15) is 30.4 Å². The second-order valence-corrected chi connectivity index (χ2v) is 9.12. The molecular formula is C23H23P. The predicted octanol–water partition coefficient (Wildman–Crippen LogP) is 5.92. The van der Waals surface area contributed by atoms with Gasteiger partial charge in [-0.05, 0) is 35.4 Å². The summed E-state index contributed by atoms with van der Waals surface area (Å²) in [7, 11) is -0.267. The van der Waals surface area contributed by atoms with Gasteiger partial charge in [0, 0.05) is 5.16 Å². The molecule has 1 atom stereocenters. The molecule has 4 rings (SSSR count). The van der Waals surface area contributed by atoms with Crippen LogP contribution in [0.2, 0.25) is 0 Å². The van der Waals surface area contributed by atoms with E-state index in [0.29, 0.717) is 0 Å². The second-order valence-electron chi connectivity index (χ2n) is 6.54. The molecule has 1 heteroatoms. The van der Waals surface area contributed by atoms with Gasteiger partial charge >= 0.3 is 0 Å². The maximum atomic E-state index is 2.34. The zero-order valence-corrected chi connectivity index (χ0v) is 14.8. The Morgan fingerprint density at radius 3 is 1.62 bits per heavy atom. The van der Waals surface area contributed by atoms with Gasteiger partial charge in [0.2, 0.25) is 0 Å². The molecule has 1 fully saturated rings. The van der Waals surface area contributed by atoms with Crippen molar-refractivity contribution in [3.05, 3.63) is 102 Å². The van der Waals surface area contributed by atoms with Crippen molar-refractivity contribution in [3.63, 3.8) is 0 Å². The smallest absolute Gasteiger partial charge is 0.0442 e. The van der Waals surface area contributed by atoms with Crippen molar-refractivity contribution >= 4 is 13.2 Å². The average Bonchev–Trinajstić information content (AvgIpc) is 2.70. The van der Waals surface area contributed by atoms with Gasteiger partial charge in [0.25, 0.3) is 0 Å². The molecule has 1 aliphatic heterocycles. The molecule has 120 valence electrons. The molecule has 3 aromatic rings. The van der Waals surface area contributed by atoms with Gasteiger partial charge in [-0.15, -0.1) is 0 Å². The lowest BCUT2D eigenvalue weighted by atomic mass is 9.85. The fourth-order valence-corrected chi connectivity index (χ4v) is 7.63. The van der Waals surface area contributed by atoms with E-state index in [1.807, 2.05) is 0 Å². The highest BCUT2D eigenvalue weighted by Gasteiger charge is 2.43. The van der Waals surface area contributed by atoms with E-state index in [0.717, 1.165) is 0 Å². The fraction of sp³-hybridized carbons (Fsp3) is 0.217. The lowest BCUT2D eigenvalue weighted by Gasteiger charge is -2.46. The summed E-state index contributed by atoms with van der Waals surface area (Å²) in [6.45, 7) is 0. The first-order valence-corrected chi connectivity index (χ1v) is 10.4. The van der Waals surface area contributed by atoms with Gasteiger partial charge in [0.05, 0.1) is 0 Å². The Balaban J connectivity index is 1.94. The molecule has 24 heavy (non-hydrogen) atoms. The molecule has 1 unspecified atom stereocenters. The van der Waals surface area contributed by atoms with Crippen LogP contribution in [0.4, 0.5) is 0 Å². The number of hydrogen-bond donors (Lipinski definition) is 0. The summed E-state index contributed by atoms with van der Waals surface area (Å²) in [5.41, 5.74) is 2.98. The van der Waals surface area contributed by atoms with Gasteiger partial charge in [-0.2, -0.15) is 0 Å². The summed E-state index contributed by atoms with van der Waals surface area (Å²) in [4.78, 5) is 0. The highest BCUT2D eigenvalue weighted by atomic mass is 31.1. The van der Waals surface area contributed by atoms with Crippen LogP contribution < -0.4 is 5.30 Å². The second kappa shape index (κ2) is 6.91. The summed E-state index contributed by atoms with van der Waals surface area (Å²) in [5, 5.41) is 1.69. The molecule has 0 aromatic heterocycles. The van der Waals surface area contributed by atoms with Crippen molar-refractivity contribution in [2.24, 2.45) is 0 Å². The third kappa shape index (κ3) is 2.70. The first-order chi connectivity index (χ1) is 11.9. The molecule has 0 saturated carbocycles. The summed E-state index contributed by atoms with van der Waals surface area (Å²) in [6, 6.07) is 33.7. The van der Waals surface area contributed by atoms with Gasteiger partial charge < -0.3 is 0 Å². The highest BCUT2D eigenvalue weighted by Crippen LogP contribution is 2.64. The van der Waals surface area contributed by atoms with E-state index in [4.69, 9.17) is 0 Å². The number of benzene rings is 3. The van der Waals surface area contributed by atoms with Crippen LogP contribution in [-0.2, 0) is 5.16 Å². The third-order valence-corrected chi connectivity index (χ3v) is 8.55. The Kier molecular flexibility index (Phi) is 4.50. The molecule has 0 radical (unpaired) electrons. The standard InChI is InChI=1S/C23H23P/c1-4-12-20(13-5-1)23(21-14-6-2-7-15-21)18-10-11-19-24(23)22-16-8-3-9-17-22/h1-9,12-17H,10-11,18-19H2. The maximum absolute atomic E-state index is 2.34. The van der Waals surface area contributed by atoms with E-state index in [9.17, 15) is 0 Å². The highest BCUT2D eigenvalue weighted by molar-refractivity contribution is 7.67. The molecule has 3 aromatic carbocycles. The zero-order valence-electron chi connectivity index (χ0n) is 13.9. The van der Waals surface area contributed by atoms with E-state index >= 15 is 0 Å². The van der Waals surface area contributed by atoms with Crippen molar-refractivity contribution in [1.29, 1.82) is 0 Å². The predicted molar refractivity (Wildman–Crippen MR) is 105 cm³/mol. The van der Waals surface area contributed by atoms with Crippen molar-refractivity contribution in [2.75, 3.05) is 6.16 Å².